The number of amides is 4. The van der Waals surface area contributed by atoms with Gasteiger partial charge in [0.15, 0.2) is 0 Å². The molecule has 158 valence electrons. The number of imide groups is 2. The van der Waals surface area contributed by atoms with Crippen LogP contribution in [0.3, 0.4) is 0 Å². The number of nitrogens with zero attached hydrogens (tertiary/aromatic N) is 1. The van der Waals surface area contributed by atoms with Gasteiger partial charge in [-0.25, -0.2) is 0 Å². The van der Waals surface area contributed by atoms with Crippen molar-refractivity contribution < 1.29 is 23.9 Å². The van der Waals surface area contributed by atoms with Crippen LogP contribution in [-0.4, -0.2) is 59.4 Å². The first-order valence-electron chi connectivity index (χ1n) is 10.3. The Bertz CT molecular complexity index is 963. The van der Waals surface area contributed by atoms with E-state index in [9.17, 15) is 19.2 Å². The van der Waals surface area contributed by atoms with Gasteiger partial charge < -0.3 is 15.8 Å². The Morgan fingerprint density at radius 1 is 1.20 bits per heavy atom. The number of carbonyl (C=O) groups is 4. The lowest BCUT2D eigenvalue weighted by atomic mass is 10.00. The minimum absolute atomic E-state index is 0.103. The predicted octanol–water partition coefficient (Wildman–Crippen LogP) is -0.316. The number of nitrogens with two attached hydrogens (primary N) is 1. The Labute approximate surface area is 173 Å². The van der Waals surface area contributed by atoms with E-state index in [0.29, 0.717) is 36.7 Å². The van der Waals surface area contributed by atoms with Crippen molar-refractivity contribution in [2.45, 2.75) is 49.9 Å². The SMILES string of the molecule is NC[C@@]12C[C@H](CO1)[C@@H](NCc1cccc3c1C(=O)N(C1CCC(=O)NC1=O)C3=O)C2. The maximum absolute atomic E-state index is 13.2. The second-order valence-electron chi connectivity index (χ2n) is 8.64. The van der Waals surface area contributed by atoms with Crippen LogP contribution in [-0.2, 0) is 20.9 Å². The Kier molecular flexibility index (Phi) is 4.49. The van der Waals surface area contributed by atoms with Crippen LogP contribution in [0.5, 0.6) is 0 Å². The van der Waals surface area contributed by atoms with Crippen molar-refractivity contribution >= 4 is 23.6 Å². The molecule has 30 heavy (non-hydrogen) atoms. The average Bonchev–Trinajstić information content (AvgIpc) is 3.39. The fraction of sp³-hybridized carbons (Fsp3) is 0.524. The van der Waals surface area contributed by atoms with E-state index >= 15 is 0 Å². The molecule has 4 amide bonds. The van der Waals surface area contributed by atoms with Crippen molar-refractivity contribution in [3.05, 3.63) is 34.9 Å². The van der Waals surface area contributed by atoms with Crippen LogP contribution in [0.4, 0.5) is 0 Å². The molecule has 2 bridgehead atoms. The molecule has 0 radical (unpaired) electrons. The summed E-state index contributed by atoms with van der Waals surface area (Å²) in [6.45, 7) is 1.62. The van der Waals surface area contributed by atoms with Crippen molar-refractivity contribution in [2.24, 2.45) is 11.7 Å². The predicted molar refractivity (Wildman–Crippen MR) is 104 cm³/mol. The van der Waals surface area contributed by atoms with Gasteiger partial charge in [-0.15, -0.1) is 0 Å². The van der Waals surface area contributed by atoms with Gasteiger partial charge in [0, 0.05) is 31.5 Å². The number of hydrogen-bond donors (Lipinski definition) is 3. The zero-order valence-electron chi connectivity index (χ0n) is 16.5. The maximum Gasteiger partial charge on any atom is 0.262 e. The third-order valence-corrected chi connectivity index (χ3v) is 6.88. The summed E-state index contributed by atoms with van der Waals surface area (Å²) in [4.78, 5) is 50.7. The standard InChI is InChI=1S/C21H24N4O5/c22-10-21-6-12(9-30-21)14(7-21)23-8-11-2-1-3-13-17(11)20(29)25(19(13)28)15-4-5-16(26)24-18(15)27/h1-3,12,14-15,23H,4-10,22H2,(H,24,26,27)/t12-,14+,15?,21+/m1/s1. The topological polar surface area (TPSA) is 131 Å². The molecule has 0 aromatic heterocycles. The summed E-state index contributed by atoms with van der Waals surface area (Å²) in [6, 6.07) is 4.48. The summed E-state index contributed by atoms with van der Waals surface area (Å²) < 4.78 is 5.84. The van der Waals surface area contributed by atoms with Gasteiger partial charge in [0.2, 0.25) is 11.8 Å². The molecule has 3 aliphatic heterocycles. The molecule has 9 heteroatoms. The number of fused-ring (bicyclic) bond motifs is 3. The molecule has 3 fully saturated rings. The molecule has 1 saturated carbocycles. The van der Waals surface area contributed by atoms with Gasteiger partial charge in [-0.3, -0.25) is 29.4 Å². The van der Waals surface area contributed by atoms with Crippen LogP contribution in [0.2, 0.25) is 0 Å². The highest BCUT2D eigenvalue weighted by atomic mass is 16.5. The van der Waals surface area contributed by atoms with Crippen molar-refractivity contribution in [2.75, 3.05) is 13.2 Å². The summed E-state index contributed by atoms with van der Waals surface area (Å²) in [5, 5.41) is 5.74. The molecule has 4 N–H and O–H groups in total. The van der Waals surface area contributed by atoms with E-state index in [1.165, 1.54) is 0 Å². The molecule has 5 rings (SSSR count). The number of rotatable bonds is 5. The first-order valence-corrected chi connectivity index (χ1v) is 10.3. The third kappa shape index (κ3) is 2.88. The van der Waals surface area contributed by atoms with E-state index in [4.69, 9.17) is 10.5 Å². The molecule has 1 unspecified atom stereocenters. The van der Waals surface area contributed by atoms with Crippen molar-refractivity contribution in [1.82, 2.24) is 15.5 Å². The van der Waals surface area contributed by atoms with Gasteiger partial charge in [0.1, 0.15) is 6.04 Å². The minimum Gasteiger partial charge on any atom is -0.373 e. The number of hydrogen-bond acceptors (Lipinski definition) is 7. The fourth-order valence-corrected chi connectivity index (χ4v) is 5.29. The van der Waals surface area contributed by atoms with Crippen LogP contribution >= 0.6 is 0 Å². The minimum atomic E-state index is -0.956. The zero-order chi connectivity index (χ0) is 21.0. The van der Waals surface area contributed by atoms with E-state index in [2.05, 4.69) is 10.6 Å². The van der Waals surface area contributed by atoms with E-state index in [1.807, 2.05) is 6.07 Å². The summed E-state index contributed by atoms with van der Waals surface area (Å²) in [5.41, 5.74) is 7.03. The van der Waals surface area contributed by atoms with Gasteiger partial charge in [0.25, 0.3) is 11.8 Å². The second kappa shape index (κ2) is 6.97. The quantitative estimate of drug-likeness (QED) is 0.565. The van der Waals surface area contributed by atoms with Gasteiger partial charge in [-0.2, -0.15) is 0 Å². The van der Waals surface area contributed by atoms with Gasteiger partial charge >= 0.3 is 0 Å². The number of nitrogens with one attached hydrogen (secondary N) is 2. The van der Waals surface area contributed by atoms with Crippen molar-refractivity contribution in [1.29, 1.82) is 0 Å². The van der Waals surface area contributed by atoms with Crippen LogP contribution in [0, 0.1) is 5.92 Å². The lowest BCUT2D eigenvalue weighted by molar-refractivity contribution is -0.136. The highest BCUT2D eigenvalue weighted by Gasteiger charge is 2.51. The van der Waals surface area contributed by atoms with E-state index < -0.39 is 23.8 Å². The Hall–Kier alpha value is -2.62. The molecule has 2 saturated heterocycles. The highest BCUT2D eigenvalue weighted by Crippen LogP contribution is 2.44. The van der Waals surface area contributed by atoms with E-state index in [-0.39, 0.29) is 30.4 Å². The summed E-state index contributed by atoms with van der Waals surface area (Å²) >= 11 is 0. The summed E-state index contributed by atoms with van der Waals surface area (Å²) in [7, 11) is 0. The number of benzene rings is 1. The van der Waals surface area contributed by atoms with Crippen molar-refractivity contribution in [3.8, 4) is 0 Å². The molecule has 0 spiro atoms. The molecular formula is C21H24N4O5. The van der Waals surface area contributed by atoms with E-state index in [1.54, 1.807) is 12.1 Å². The molecule has 9 nitrogen and oxygen atoms in total. The Balaban J connectivity index is 1.35. The lowest BCUT2D eigenvalue weighted by Crippen LogP contribution is -2.54. The molecule has 1 aromatic carbocycles. The van der Waals surface area contributed by atoms with Gasteiger partial charge in [-0.1, -0.05) is 12.1 Å². The largest absolute Gasteiger partial charge is 0.373 e. The molecule has 1 aromatic rings. The summed E-state index contributed by atoms with van der Waals surface area (Å²) in [6.07, 6.45) is 2.02. The van der Waals surface area contributed by atoms with Crippen LogP contribution < -0.4 is 16.4 Å². The third-order valence-electron chi connectivity index (χ3n) is 6.88. The van der Waals surface area contributed by atoms with Gasteiger partial charge in [0.05, 0.1) is 23.3 Å². The summed E-state index contributed by atoms with van der Waals surface area (Å²) in [5.74, 6) is -1.56. The molecule has 3 heterocycles. The zero-order valence-corrected chi connectivity index (χ0v) is 16.5. The van der Waals surface area contributed by atoms with Crippen LogP contribution in [0.15, 0.2) is 18.2 Å². The number of ether oxygens (including phenoxy) is 1. The average molecular weight is 412 g/mol. The normalized spacial score (nSPS) is 32.7. The Morgan fingerprint density at radius 2 is 2.03 bits per heavy atom. The smallest absolute Gasteiger partial charge is 0.262 e. The second-order valence-corrected chi connectivity index (χ2v) is 8.64. The van der Waals surface area contributed by atoms with E-state index in [0.717, 1.165) is 23.3 Å². The monoisotopic (exact) mass is 412 g/mol. The number of carbonyl (C=O) groups excluding carboxylic acids is 4. The maximum atomic E-state index is 13.2. The fourth-order valence-electron chi connectivity index (χ4n) is 5.29. The highest BCUT2D eigenvalue weighted by molar-refractivity contribution is 6.24. The number of piperidine rings is 1. The molecule has 4 aliphatic rings. The van der Waals surface area contributed by atoms with Crippen molar-refractivity contribution in [3.63, 3.8) is 0 Å². The lowest BCUT2D eigenvalue weighted by Gasteiger charge is -2.30. The first kappa shape index (κ1) is 19.3. The molecule has 4 atom stereocenters. The van der Waals surface area contributed by atoms with Crippen LogP contribution in [0.25, 0.3) is 0 Å². The van der Waals surface area contributed by atoms with Gasteiger partial charge in [-0.05, 0) is 30.9 Å². The molecular weight excluding hydrogens is 388 g/mol. The Morgan fingerprint density at radius 3 is 2.77 bits per heavy atom. The molecule has 1 aliphatic carbocycles. The first-order chi connectivity index (χ1) is 14.4. The van der Waals surface area contributed by atoms with Crippen LogP contribution in [0.1, 0.15) is 52.0 Å².